The van der Waals surface area contributed by atoms with Crippen LogP contribution in [0.25, 0.3) is 0 Å². The van der Waals surface area contributed by atoms with Crippen molar-refractivity contribution in [1.82, 2.24) is 10.3 Å². The van der Waals surface area contributed by atoms with Crippen LogP contribution in [0.5, 0.6) is 5.88 Å². The third-order valence-electron chi connectivity index (χ3n) is 3.05. The van der Waals surface area contributed by atoms with E-state index in [4.69, 9.17) is 4.74 Å². The number of alkyl halides is 2. The molecule has 0 aliphatic carbocycles. The van der Waals surface area contributed by atoms with Crippen molar-refractivity contribution in [3.63, 3.8) is 0 Å². The van der Waals surface area contributed by atoms with E-state index in [0.717, 1.165) is 0 Å². The molecule has 124 valence electrons. The Labute approximate surface area is 135 Å². The second-order valence-electron chi connectivity index (χ2n) is 5.03. The van der Waals surface area contributed by atoms with Gasteiger partial charge in [-0.3, -0.25) is 4.79 Å². The number of amides is 1. The molecule has 1 unspecified atom stereocenters. The second kappa shape index (κ2) is 7.47. The Morgan fingerprint density at radius 1 is 1.48 bits per heavy atom. The van der Waals surface area contributed by atoms with Crippen molar-refractivity contribution in [2.45, 2.75) is 19.0 Å². The molecule has 1 amide bonds. The van der Waals surface area contributed by atoms with Gasteiger partial charge in [-0.05, 0) is 35.4 Å². The normalized spacial score (nSPS) is 13.6. The Morgan fingerprint density at radius 2 is 2.26 bits per heavy atom. The Hall–Kier alpha value is -2.06. The van der Waals surface area contributed by atoms with Crippen LogP contribution >= 0.6 is 11.3 Å². The van der Waals surface area contributed by atoms with Crippen LogP contribution in [-0.4, -0.2) is 35.6 Å². The lowest BCUT2D eigenvalue weighted by molar-refractivity contribution is 0.0527. The molecule has 0 aromatic carbocycles. The Kier molecular flexibility index (Phi) is 5.62. The molecule has 2 N–H and O–H groups in total. The van der Waals surface area contributed by atoms with Gasteiger partial charge in [-0.1, -0.05) is 6.07 Å². The molecule has 0 aliphatic rings. The van der Waals surface area contributed by atoms with E-state index < -0.39 is 24.5 Å². The number of ether oxygens (including phenoxy) is 1. The maximum absolute atomic E-state index is 12.1. The molecule has 0 bridgehead atoms. The van der Waals surface area contributed by atoms with Gasteiger partial charge in [0.05, 0.1) is 6.54 Å². The fourth-order valence-electron chi connectivity index (χ4n) is 1.79. The quantitative estimate of drug-likeness (QED) is 0.811. The minimum absolute atomic E-state index is 0.00757. The van der Waals surface area contributed by atoms with Gasteiger partial charge in [0, 0.05) is 6.07 Å². The molecule has 0 spiro atoms. The summed E-state index contributed by atoms with van der Waals surface area (Å²) in [5, 5.41) is 16.5. The Morgan fingerprint density at radius 3 is 2.91 bits per heavy atom. The van der Waals surface area contributed by atoms with Crippen LogP contribution in [0.2, 0.25) is 0 Å². The highest BCUT2D eigenvalue weighted by molar-refractivity contribution is 7.08. The molecular weight excluding hydrogens is 326 g/mol. The maximum atomic E-state index is 12.1. The highest BCUT2D eigenvalue weighted by Crippen LogP contribution is 2.22. The first-order valence-corrected chi connectivity index (χ1v) is 7.74. The first kappa shape index (κ1) is 17.3. The molecule has 2 aromatic rings. The second-order valence-corrected chi connectivity index (χ2v) is 5.81. The molecule has 0 fully saturated rings. The van der Waals surface area contributed by atoms with Crippen molar-refractivity contribution in [2.24, 2.45) is 0 Å². The lowest BCUT2D eigenvalue weighted by Crippen LogP contribution is -2.38. The van der Waals surface area contributed by atoms with E-state index in [2.05, 4.69) is 10.3 Å². The molecule has 2 rings (SSSR count). The summed E-state index contributed by atoms with van der Waals surface area (Å²) in [6.07, 6.45) is -2.62. The van der Waals surface area contributed by atoms with E-state index in [-0.39, 0.29) is 18.1 Å². The fraction of sp³-hybridized carbons (Fsp3) is 0.333. The Balaban J connectivity index is 1.97. The van der Waals surface area contributed by atoms with E-state index in [1.807, 2.05) is 5.38 Å². The molecule has 1 atom stereocenters. The monoisotopic (exact) mass is 342 g/mol. The first-order valence-electron chi connectivity index (χ1n) is 6.80. The van der Waals surface area contributed by atoms with Crippen molar-refractivity contribution >= 4 is 17.2 Å². The number of halogens is 2. The van der Waals surface area contributed by atoms with E-state index >= 15 is 0 Å². The Bertz CT molecular complexity index is 648. The molecule has 8 heteroatoms. The van der Waals surface area contributed by atoms with Gasteiger partial charge >= 0.3 is 0 Å². The number of rotatable bonds is 7. The number of aliphatic hydroxyl groups is 1. The van der Waals surface area contributed by atoms with Crippen molar-refractivity contribution < 1.29 is 23.4 Å². The molecule has 2 aromatic heterocycles. The zero-order valence-corrected chi connectivity index (χ0v) is 13.1. The minimum Gasteiger partial charge on any atom is -0.472 e. The number of hydrogen-bond acceptors (Lipinski definition) is 5. The summed E-state index contributed by atoms with van der Waals surface area (Å²) in [6.45, 7) is 0.794. The van der Waals surface area contributed by atoms with Gasteiger partial charge in [0.2, 0.25) is 5.88 Å². The van der Waals surface area contributed by atoms with Crippen LogP contribution in [0.1, 0.15) is 23.0 Å². The molecule has 0 aliphatic heterocycles. The molecule has 2 heterocycles. The van der Waals surface area contributed by atoms with Crippen LogP contribution in [0.15, 0.2) is 35.0 Å². The van der Waals surface area contributed by atoms with Gasteiger partial charge in [0.1, 0.15) is 11.3 Å². The van der Waals surface area contributed by atoms with Crippen LogP contribution in [0.3, 0.4) is 0 Å². The molecule has 23 heavy (non-hydrogen) atoms. The number of pyridine rings is 1. The molecule has 5 nitrogen and oxygen atoms in total. The zero-order valence-electron chi connectivity index (χ0n) is 12.3. The minimum atomic E-state index is -2.62. The van der Waals surface area contributed by atoms with Gasteiger partial charge in [-0.15, -0.1) is 0 Å². The van der Waals surface area contributed by atoms with Crippen LogP contribution < -0.4 is 10.1 Å². The third kappa shape index (κ3) is 4.97. The lowest BCUT2D eigenvalue weighted by atomic mass is 9.99. The molecule has 0 saturated heterocycles. The summed E-state index contributed by atoms with van der Waals surface area (Å²) in [5.41, 5.74) is -0.484. The van der Waals surface area contributed by atoms with E-state index in [1.54, 1.807) is 18.4 Å². The van der Waals surface area contributed by atoms with E-state index in [1.165, 1.54) is 29.5 Å². The standard InChI is InChI=1S/C15H16F2N2O3S/c1-15(21,10-5-6-23-8-10)9-18-14(20)11-3-2-4-13(19-11)22-7-12(16)17/h2-6,8,12,21H,7,9H2,1H3,(H,18,20). The lowest BCUT2D eigenvalue weighted by Gasteiger charge is -2.22. The van der Waals surface area contributed by atoms with Gasteiger partial charge in [-0.25, -0.2) is 13.8 Å². The summed E-state index contributed by atoms with van der Waals surface area (Å²) < 4.78 is 29.0. The fourth-order valence-corrected chi connectivity index (χ4v) is 2.57. The van der Waals surface area contributed by atoms with Crippen molar-refractivity contribution in [1.29, 1.82) is 0 Å². The topological polar surface area (TPSA) is 71.5 Å². The van der Waals surface area contributed by atoms with Gasteiger partial charge in [-0.2, -0.15) is 11.3 Å². The van der Waals surface area contributed by atoms with Crippen molar-refractivity contribution in [3.8, 4) is 5.88 Å². The highest BCUT2D eigenvalue weighted by atomic mass is 32.1. The van der Waals surface area contributed by atoms with Crippen LogP contribution in [0, 0.1) is 0 Å². The molecular formula is C15H16F2N2O3S. The van der Waals surface area contributed by atoms with Crippen LogP contribution in [0.4, 0.5) is 8.78 Å². The number of carbonyl (C=O) groups is 1. The molecule has 0 saturated carbocycles. The van der Waals surface area contributed by atoms with E-state index in [0.29, 0.717) is 5.56 Å². The number of hydrogen-bond donors (Lipinski definition) is 2. The van der Waals surface area contributed by atoms with Crippen LogP contribution in [-0.2, 0) is 5.60 Å². The highest BCUT2D eigenvalue weighted by Gasteiger charge is 2.24. The number of nitrogens with one attached hydrogen (secondary N) is 1. The van der Waals surface area contributed by atoms with Gasteiger partial charge in [0.15, 0.2) is 6.61 Å². The number of aromatic nitrogens is 1. The number of thiophene rings is 1. The SMILES string of the molecule is CC(O)(CNC(=O)c1cccc(OCC(F)F)n1)c1ccsc1. The summed E-state index contributed by atoms with van der Waals surface area (Å²) in [7, 11) is 0. The van der Waals surface area contributed by atoms with Crippen molar-refractivity contribution in [3.05, 3.63) is 46.3 Å². The zero-order chi connectivity index (χ0) is 16.9. The summed E-state index contributed by atoms with van der Waals surface area (Å²) in [5.74, 6) is -0.578. The summed E-state index contributed by atoms with van der Waals surface area (Å²) in [4.78, 5) is 15.9. The number of nitrogens with zero attached hydrogens (tertiary/aromatic N) is 1. The van der Waals surface area contributed by atoms with E-state index in [9.17, 15) is 18.7 Å². The smallest absolute Gasteiger partial charge is 0.272 e. The largest absolute Gasteiger partial charge is 0.472 e. The first-order chi connectivity index (χ1) is 10.9. The third-order valence-corrected chi connectivity index (χ3v) is 3.73. The van der Waals surface area contributed by atoms with Gasteiger partial charge in [0.25, 0.3) is 12.3 Å². The summed E-state index contributed by atoms with van der Waals surface area (Å²) >= 11 is 1.44. The summed E-state index contributed by atoms with van der Waals surface area (Å²) in [6, 6.07) is 6.08. The predicted octanol–water partition coefficient (Wildman–Crippen LogP) is 2.42. The van der Waals surface area contributed by atoms with Gasteiger partial charge < -0.3 is 15.2 Å². The molecule has 0 radical (unpaired) electrons. The van der Waals surface area contributed by atoms with Crippen molar-refractivity contribution in [2.75, 3.05) is 13.2 Å². The number of carbonyl (C=O) groups excluding carboxylic acids is 1. The maximum Gasteiger partial charge on any atom is 0.272 e. The average Bonchev–Trinajstić information content (AvgIpc) is 3.06. The predicted molar refractivity (Wildman–Crippen MR) is 82.0 cm³/mol. The average molecular weight is 342 g/mol.